The molecule has 0 N–H and O–H groups in total. The van der Waals surface area contributed by atoms with Gasteiger partial charge in [0.1, 0.15) is 0 Å². The molecule has 1 aliphatic heterocycles. The van der Waals surface area contributed by atoms with Crippen LogP contribution >= 0.6 is 0 Å². The zero-order valence-corrected chi connectivity index (χ0v) is 15.3. The van der Waals surface area contributed by atoms with Crippen molar-refractivity contribution in [2.24, 2.45) is 0 Å². The highest BCUT2D eigenvalue weighted by molar-refractivity contribution is 5.76. The van der Waals surface area contributed by atoms with Gasteiger partial charge < -0.3 is 4.90 Å². The second-order valence-corrected chi connectivity index (χ2v) is 6.99. The van der Waals surface area contributed by atoms with Gasteiger partial charge in [-0.1, -0.05) is 0 Å². The Morgan fingerprint density at radius 1 is 1.27 bits per heavy atom. The average Bonchev–Trinajstić information content (AvgIpc) is 3.28. The molecule has 0 spiro atoms. The maximum atomic E-state index is 12.9. The number of fused-ring (bicyclic) bond motifs is 1. The molecule has 4 rings (SSSR count). The van der Waals surface area contributed by atoms with E-state index >= 15 is 0 Å². The largest absolute Gasteiger partial charge is 0.334 e. The lowest BCUT2D eigenvalue weighted by molar-refractivity contribution is -0.135. The van der Waals surface area contributed by atoms with Gasteiger partial charge in [0.05, 0.1) is 23.6 Å². The van der Waals surface area contributed by atoms with Crippen molar-refractivity contribution in [3.05, 3.63) is 47.7 Å². The number of carbonyl (C=O) groups excluding carboxylic acids is 1. The highest BCUT2D eigenvalue weighted by Crippen LogP contribution is 2.31. The fourth-order valence-electron chi connectivity index (χ4n) is 3.74. The summed E-state index contributed by atoms with van der Waals surface area (Å²) in [5.41, 5.74) is 3.82. The number of amides is 1. The summed E-state index contributed by atoms with van der Waals surface area (Å²) in [4.78, 5) is 19.7. The standard InChI is InChI=1S/C19H24N6O/c1-14-7-11-23(22-14)12-8-19(26)24-10-4-3-5-17(24)16-13-15(2)25-18(21-16)6-9-20-25/h6-7,9,11,13,17H,3-5,8,10,12H2,1-2H3. The molecule has 1 aliphatic rings. The van der Waals surface area contributed by atoms with Crippen LogP contribution in [-0.4, -0.2) is 41.7 Å². The highest BCUT2D eigenvalue weighted by atomic mass is 16.2. The zero-order chi connectivity index (χ0) is 18.1. The van der Waals surface area contributed by atoms with Gasteiger partial charge in [-0.3, -0.25) is 9.48 Å². The smallest absolute Gasteiger partial charge is 0.224 e. The van der Waals surface area contributed by atoms with Crippen molar-refractivity contribution in [2.75, 3.05) is 6.54 Å². The van der Waals surface area contributed by atoms with Gasteiger partial charge in [-0.15, -0.1) is 0 Å². The van der Waals surface area contributed by atoms with Crippen LogP contribution in [0.1, 0.15) is 48.8 Å². The van der Waals surface area contributed by atoms with E-state index < -0.39 is 0 Å². The summed E-state index contributed by atoms with van der Waals surface area (Å²) >= 11 is 0. The van der Waals surface area contributed by atoms with E-state index in [9.17, 15) is 4.79 Å². The van der Waals surface area contributed by atoms with Crippen LogP contribution in [0.15, 0.2) is 30.6 Å². The minimum atomic E-state index is 0.0502. The Bertz CT molecular complexity index is 927. The number of piperidine rings is 1. The molecule has 7 heteroatoms. The Kier molecular flexibility index (Phi) is 4.44. The maximum absolute atomic E-state index is 12.9. The fraction of sp³-hybridized carbons (Fsp3) is 0.474. The molecular weight excluding hydrogens is 328 g/mol. The normalized spacial score (nSPS) is 17.8. The molecule has 7 nitrogen and oxygen atoms in total. The van der Waals surface area contributed by atoms with Crippen molar-refractivity contribution in [1.82, 2.24) is 29.3 Å². The number of likely N-dealkylation sites (tertiary alicyclic amines) is 1. The van der Waals surface area contributed by atoms with Gasteiger partial charge in [0, 0.05) is 37.5 Å². The zero-order valence-electron chi connectivity index (χ0n) is 15.3. The summed E-state index contributed by atoms with van der Waals surface area (Å²) in [7, 11) is 0. The molecular formula is C19H24N6O. The Balaban J connectivity index is 1.54. The number of carbonyl (C=O) groups is 1. The van der Waals surface area contributed by atoms with E-state index in [1.165, 1.54) is 0 Å². The lowest BCUT2D eigenvalue weighted by atomic mass is 9.98. The van der Waals surface area contributed by atoms with Crippen molar-refractivity contribution in [1.29, 1.82) is 0 Å². The van der Waals surface area contributed by atoms with Crippen molar-refractivity contribution in [3.8, 4) is 0 Å². The molecule has 3 aromatic rings. The predicted octanol–water partition coefficient (Wildman–Crippen LogP) is 2.69. The van der Waals surface area contributed by atoms with Gasteiger partial charge in [0.25, 0.3) is 0 Å². The first-order chi connectivity index (χ1) is 12.6. The summed E-state index contributed by atoms with van der Waals surface area (Å²) in [6.07, 6.45) is 7.29. The highest BCUT2D eigenvalue weighted by Gasteiger charge is 2.29. The van der Waals surface area contributed by atoms with E-state index in [-0.39, 0.29) is 11.9 Å². The Morgan fingerprint density at radius 3 is 2.96 bits per heavy atom. The Hall–Kier alpha value is -2.70. The second-order valence-electron chi connectivity index (χ2n) is 6.99. The van der Waals surface area contributed by atoms with E-state index in [1.54, 1.807) is 6.20 Å². The number of aryl methyl sites for hydroxylation is 3. The first-order valence-corrected chi connectivity index (χ1v) is 9.22. The van der Waals surface area contributed by atoms with Gasteiger partial charge in [0.2, 0.25) is 5.91 Å². The second kappa shape index (κ2) is 6.90. The summed E-state index contributed by atoms with van der Waals surface area (Å²) in [6.45, 7) is 5.40. The molecule has 26 heavy (non-hydrogen) atoms. The van der Waals surface area contributed by atoms with Gasteiger partial charge in [-0.05, 0) is 45.2 Å². The first-order valence-electron chi connectivity index (χ1n) is 9.22. The van der Waals surface area contributed by atoms with Crippen LogP contribution in [0.2, 0.25) is 0 Å². The molecule has 1 unspecified atom stereocenters. The third kappa shape index (κ3) is 3.21. The third-order valence-electron chi connectivity index (χ3n) is 5.05. The number of hydrogen-bond donors (Lipinski definition) is 0. The van der Waals surface area contributed by atoms with Crippen LogP contribution < -0.4 is 0 Å². The van der Waals surface area contributed by atoms with E-state index in [0.29, 0.717) is 13.0 Å². The minimum Gasteiger partial charge on any atom is -0.334 e. The number of nitrogens with zero attached hydrogens (tertiary/aromatic N) is 6. The van der Waals surface area contributed by atoms with Crippen LogP contribution in [0.25, 0.3) is 5.65 Å². The summed E-state index contributed by atoms with van der Waals surface area (Å²) in [6, 6.07) is 5.98. The SMILES string of the molecule is Cc1ccn(CCC(=O)N2CCCCC2c2cc(C)n3nccc3n2)n1. The van der Waals surface area contributed by atoms with Gasteiger partial charge in [-0.25, -0.2) is 9.50 Å². The fourth-order valence-corrected chi connectivity index (χ4v) is 3.74. The van der Waals surface area contributed by atoms with Gasteiger partial charge in [0.15, 0.2) is 5.65 Å². The van der Waals surface area contributed by atoms with E-state index in [4.69, 9.17) is 4.98 Å². The molecule has 0 bridgehead atoms. The quantitative estimate of drug-likeness (QED) is 0.724. The van der Waals surface area contributed by atoms with E-state index in [2.05, 4.69) is 16.3 Å². The topological polar surface area (TPSA) is 68.3 Å². The van der Waals surface area contributed by atoms with Gasteiger partial charge in [-0.2, -0.15) is 10.2 Å². The van der Waals surface area contributed by atoms with Crippen LogP contribution in [0.4, 0.5) is 0 Å². The van der Waals surface area contributed by atoms with Crippen LogP contribution in [0.5, 0.6) is 0 Å². The summed E-state index contributed by atoms with van der Waals surface area (Å²) < 4.78 is 3.67. The molecule has 1 saturated heterocycles. The maximum Gasteiger partial charge on any atom is 0.224 e. The third-order valence-corrected chi connectivity index (χ3v) is 5.05. The molecule has 4 heterocycles. The van der Waals surface area contributed by atoms with Gasteiger partial charge >= 0.3 is 0 Å². The van der Waals surface area contributed by atoms with Crippen LogP contribution in [-0.2, 0) is 11.3 Å². The lowest BCUT2D eigenvalue weighted by Gasteiger charge is -2.35. The molecule has 136 valence electrons. The van der Waals surface area contributed by atoms with Crippen molar-refractivity contribution >= 4 is 11.6 Å². The Labute approximate surface area is 152 Å². The average molecular weight is 352 g/mol. The summed E-state index contributed by atoms with van der Waals surface area (Å²) in [5.74, 6) is 0.177. The molecule has 1 atom stereocenters. The van der Waals surface area contributed by atoms with E-state index in [0.717, 1.165) is 48.5 Å². The monoisotopic (exact) mass is 352 g/mol. The van der Waals surface area contributed by atoms with Crippen LogP contribution in [0, 0.1) is 13.8 Å². The van der Waals surface area contributed by atoms with E-state index in [1.807, 2.05) is 46.3 Å². The lowest BCUT2D eigenvalue weighted by Crippen LogP contribution is -2.39. The first kappa shape index (κ1) is 16.8. The molecule has 1 amide bonds. The molecule has 0 saturated carbocycles. The minimum absolute atomic E-state index is 0.0502. The Morgan fingerprint density at radius 2 is 2.15 bits per heavy atom. The molecule has 0 radical (unpaired) electrons. The number of hydrogen-bond acceptors (Lipinski definition) is 4. The molecule has 1 fully saturated rings. The van der Waals surface area contributed by atoms with Crippen molar-refractivity contribution < 1.29 is 4.79 Å². The van der Waals surface area contributed by atoms with Crippen molar-refractivity contribution in [3.63, 3.8) is 0 Å². The number of rotatable bonds is 4. The molecule has 3 aromatic heterocycles. The van der Waals surface area contributed by atoms with Crippen LogP contribution in [0.3, 0.4) is 0 Å². The van der Waals surface area contributed by atoms with Crippen molar-refractivity contribution in [2.45, 2.75) is 52.1 Å². The molecule has 0 aliphatic carbocycles. The predicted molar refractivity (Wildman–Crippen MR) is 97.6 cm³/mol. The number of aromatic nitrogens is 5. The molecule has 0 aromatic carbocycles. The summed E-state index contributed by atoms with van der Waals surface area (Å²) in [5, 5.41) is 8.66.